The van der Waals surface area contributed by atoms with Crippen LogP contribution in [0.3, 0.4) is 0 Å². The van der Waals surface area contributed by atoms with Gasteiger partial charge in [0.15, 0.2) is 0 Å². The van der Waals surface area contributed by atoms with Crippen molar-refractivity contribution in [3.8, 4) is 11.3 Å². The molecule has 1 heterocycles. The summed E-state index contributed by atoms with van der Waals surface area (Å²) in [6.45, 7) is 5.80. The van der Waals surface area contributed by atoms with E-state index in [0.717, 1.165) is 35.1 Å². The maximum absolute atomic E-state index is 13.8. The van der Waals surface area contributed by atoms with Crippen LogP contribution in [0.1, 0.15) is 81.3 Å². The molecule has 198 valence electrons. The minimum absolute atomic E-state index is 0.0267. The van der Waals surface area contributed by atoms with Gasteiger partial charge in [0.25, 0.3) is 10.0 Å². The summed E-state index contributed by atoms with van der Waals surface area (Å²) >= 11 is 0. The molecular formula is C32H29NO5S. The fourth-order valence-electron chi connectivity index (χ4n) is 6.10. The molecule has 3 aromatic carbocycles. The Labute approximate surface area is 228 Å². The number of carbonyl (C=O) groups excluding carboxylic acids is 2. The Hall–Kier alpha value is -3.81. The molecule has 2 aliphatic carbocycles. The van der Waals surface area contributed by atoms with Gasteiger partial charge in [-0.2, -0.15) is 4.72 Å². The highest BCUT2D eigenvalue weighted by Crippen LogP contribution is 2.46. The molecule has 2 aliphatic rings. The van der Waals surface area contributed by atoms with Crippen LogP contribution in [0.25, 0.3) is 11.3 Å². The van der Waals surface area contributed by atoms with Crippen molar-refractivity contribution in [3.63, 3.8) is 0 Å². The number of furan rings is 1. The number of fused-ring (bicyclic) bond motifs is 5. The molecule has 0 saturated heterocycles. The van der Waals surface area contributed by atoms with Gasteiger partial charge in [-0.15, -0.1) is 0 Å². The molecule has 0 aliphatic heterocycles. The summed E-state index contributed by atoms with van der Waals surface area (Å²) in [6.07, 6.45) is 2.59. The topological polar surface area (TPSA) is 93.4 Å². The zero-order chi connectivity index (χ0) is 27.5. The molecule has 1 aromatic heterocycles. The predicted octanol–water partition coefficient (Wildman–Crippen LogP) is 6.32. The summed E-state index contributed by atoms with van der Waals surface area (Å²) in [5, 5.41) is -0.351. The maximum Gasteiger partial charge on any atom is 0.275 e. The molecule has 0 bridgehead atoms. The van der Waals surface area contributed by atoms with Crippen LogP contribution in [0.2, 0.25) is 0 Å². The average molecular weight is 540 g/mol. The Morgan fingerprint density at radius 3 is 2.05 bits per heavy atom. The average Bonchev–Trinajstić information content (AvgIpc) is 3.29. The predicted molar refractivity (Wildman–Crippen MR) is 149 cm³/mol. The van der Waals surface area contributed by atoms with Gasteiger partial charge in [-0.3, -0.25) is 9.59 Å². The normalized spacial score (nSPS) is 16.1. The van der Waals surface area contributed by atoms with E-state index < -0.39 is 27.6 Å². The van der Waals surface area contributed by atoms with Crippen LogP contribution in [0.4, 0.5) is 0 Å². The van der Waals surface area contributed by atoms with E-state index in [1.807, 2.05) is 66.7 Å². The molecule has 0 spiro atoms. The quantitative estimate of drug-likeness (QED) is 0.300. The number of rotatable bonds is 5. The summed E-state index contributed by atoms with van der Waals surface area (Å²) < 4.78 is 36.5. The van der Waals surface area contributed by atoms with Crippen LogP contribution in [-0.2, 0) is 21.9 Å². The molecule has 7 heteroatoms. The molecule has 0 amide bonds. The molecule has 0 radical (unpaired) electrons. The lowest BCUT2D eigenvalue weighted by Crippen LogP contribution is -2.30. The molecule has 6 rings (SSSR count). The van der Waals surface area contributed by atoms with Gasteiger partial charge in [0.1, 0.15) is 5.76 Å². The fourth-order valence-corrected chi connectivity index (χ4v) is 7.49. The van der Waals surface area contributed by atoms with Gasteiger partial charge in [0.2, 0.25) is 16.7 Å². The zero-order valence-corrected chi connectivity index (χ0v) is 22.9. The van der Waals surface area contributed by atoms with Crippen molar-refractivity contribution in [1.29, 1.82) is 0 Å². The first-order valence-electron chi connectivity index (χ1n) is 13.1. The second-order valence-electron chi connectivity index (χ2n) is 11.0. The minimum Gasteiger partial charge on any atom is -0.442 e. The number of carbonyl (C=O) groups is 2. The number of nitrogens with one attached hydrogen (secondary N) is 1. The van der Waals surface area contributed by atoms with Gasteiger partial charge in [0, 0.05) is 16.7 Å². The van der Waals surface area contributed by atoms with E-state index in [1.165, 1.54) is 6.92 Å². The molecular weight excluding hydrogens is 510 g/mol. The number of hydrogen-bond acceptors (Lipinski definition) is 5. The summed E-state index contributed by atoms with van der Waals surface area (Å²) in [4.78, 5) is 26.9. The third-order valence-electron chi connectivity index (χ3n) is 8.06. The van der Waals surface area contributed by atoms with Gasteiger partial charge >= 0.3 is 0 Å². The first-order valence-corrected chi connectivity index (χ1v) is 14.6. The van der Waals surface area contributed by atoms with Crippen LogP contribution >= 0.6 is 0 Å². The molecule has 39 heavy (non-hydrogen) atoms. The Kier molecular flexibility index (Phi) is 5.97. The highest BCUT2D eigenvalue weighted by atomic mass is 32.2. The van der Waals surface area contributed by atoms with Crippen molar-refractivity contribution in [3.05, 3.63) is 112 Å². The van der Waals surface area contributed by atoms with Gasteiger partial charge in [-0.25, -0.2) is 8.42 Å². The SMILES string of the molecule is Cc1c(S(=O)(=O)NC(c2ccccc2)c2ccccc2)oc2c1C(=O)C(=O)c1c-2ccc2c1CCCC2(C)C. The van der Waals surface area contributed by atoms with Gasteiger partial charge in [-0.05, 0) is 53.9 Å². The smallest absolute Gasteiger partial charge is 0.275 e. The van der Waals surface area contributed by atoms with Crippen LogP contribution in [-0.4, -0.2) is 20.0 Å². The Balaban J connectivity index is 1.48. The minimum atomic E-state index is -4.24. The molecule has 4 aromatic rings. The standard InChI is InChI=1S/C32H29NO5S/c1-19-25-28(34)29(35)26-22-15-10-18-32(2,3)24(22)17-16-23(26)30(25)38-31(19)39(36,37)33-27(20-11-6-4-7-12-20)21-13-8-5-9-14-21/h4-9,11-14,16-17,27,33H,10,15,18H2,1-3H3. The fraction of sp³-hybridized carbons (Fsp3) is 0.250. The van der Waals surface area contributed by atoms with Gasteiger partial charge in [0.05, 0.1) is 11.6 Å². The highest BCUT2D eigenvalue weighted by Gasteiger charge is 2.42. The molecule has 0 atom stereocenters. The van der Waals surface area contributed by atoms with Crippen LogP contribution in [0, 0.1) is 6.92 Å². The third-order valence-corrected chi connectivity index (χ3v) is 9.49. The maximum atomic E-state index is 13.8. The highest BCUT2D eigenvalue weighted by molar-refractivity contribution is 7.89. The third kappa shape index (κ3) is 4.08. The van der Waals surface area contributed by atoms with Crippen molar-refractivity contribution in [2.45, 2.75) is 56.6 Å². The number of ketones is 2. The number of sulfonamides is 1. The van der Waals surface area contributed by atoms with Crippen LogP contribution in [0.15, 0.2) is 82.3 Å². The number of benzene rings is 3. The molecule has 0 fully saturated rings. The Morgan fingerprint density at radius 1 is 0.846 bits per heavy atom. The number of Topliss-reactive ketones (excluding diaryl/α,β-unsaturated/α-hetero) is 2. The first-order chi connectivity index (χ1) is 18.6. The van der Waals surface area contributed by atoms with E-state index in [9.17, 15) is 18.0 Å². The summed E-state index contributed by atoms with van der Waals surface area (Å²) in [5.41, 5.74) is 4.33. The molecule has 6 nitrogen and oxygen atoms in total. The van der Waals surface area contributed by atoms with E-state index in [1.54, 1.807) is 6.07 Å². The second kappa shape index (κ2) is 9.14. The lowest BCUT2D eigenvalue weighted by molar-refractivity contribution is 0.0813. The van der Waals surface area contributed by atoms with Crippen LogP contribution in [0.5, 0.6) is 0 Å². The van der Waals surface area contributed by atoms with Crippen molar-refractivity contribution in [1.82, 2.24) is 4.72 Å². The lowest BCUT2D eigenvalue weighted by atomic mass is 9.69. The number of hydrogen-bond donors (Lipinski definition) is 1. The van der Waals surface area contributed by atoms with E-state index in [2.05, 4.69) is 18.6 Å². The molecule has 1 N–H and O–H groups in total. The van der Waals surface area contributed by atoms with Gasteiger partial charge in [-0.1, -0.05) is 86.6 Å². The van der Waals surface area contributed by atoms with Gasteiger partial charge < -0.3 is 4.42 Å². The first kappa shape index (κ1) is 25.5. The van der Waals surface area contributed by atoms with E-state index >= 15 is 0 Å². The van der Waals surface area contributed by atoms with E-state index in [4.69, 9.17) is 4.42 Å². The molecule has 0 saturated carbocycles. The summed E-state index contributed by atoms with van der Waals surface area (Å²) in [7, 11) is -4.24. The van der Waals surface area contributed by atoms with Crippen molar-refractivity contribution >= 4 is 21.6 Å². The summed E-state index contributed by atoms with van der Waals surface area (Å²) in [5.74, 6) is -1.17. The zero-order valence-electron chi connectivity index (χ0n) is 22.1. The van der Waals surface area contributed by atoms with Crippen LogP contribution < -0.4 is 4.72 Å². The second-order valence-corrected chi connectivity index (χ2v) is 12.6. The largest absolute Gasteiger partial charge is 0.442 e. The van der Waals surface area contributed by atoms with E-state index in [-0.39, 0.29) is 27.4 Å². The lowest BCUT2D eigenvalue weighted by Gasteiger charge is -2.34. The van der Waals surface area contributed by atoms with Crippen molar-refractivity contribution < 1.29 is 22.4 Å². The monoisotopic (exact) mass is 539 g/mol. The summed E-state index contributed by atoms with van der Waals surface area (Å²) in [6, 6.07) is 21.6. The molecule has 0 unspecified atom stereocenters. The Bertz CT molecular complexity index is 1690. The van der Waals surface area contributed by atoms with E-state index in [0.29, 0.717) is 17.5 Å². The Morgan fingerprint density at radius 2 is 1.44 bits per heavy atom. The van der Waals surface area contributed by atoms with Crippen molar-refractivity contribution in [2.24, 2.45) is 0 Å². The van der Waals surface area contributed by atoms with Crippen molar-refractivity contribution in [2.75, 3.05) is 0 Å².